The first-order valence-electron chi connectivity index (χ1n) is 20.0. The molecule has 1 atom stereocenters. The van der Waals surface area contributed by atoms with Crippen LogP contribution >= 0.6 is 0 Å². The van der Waals surface area contributed by atoms with Gasteiger partial charge in [-0.25, -0.2) is 0 Å². The zero-order valence-corrected chi connectivity index (χ0v) is 31.6. The highest BCUT2D eigenvalue weighted by Gasteiger charge is 2.15. The van der Waals surface area contributed by atoms with Crippen LogP contribution in [0.25, 0.3) is 0 Å². The van der Waals surface area contributed by atoms with E-state index in [1.165, 1.54) is 135 Å². The number of ether oxygens (including phenoxy) is 1. The molecule has 0 aromatic heterocycles. The van der Waals surface area contributed by atoms with Crippen molar-refractivity contribution in [2.75, 3.05) is 13.6 Å². The lowest BCUT2D eigenvalue weighted by atomic mass is 10.0. The van der Waals surface area contributed by atoms with Crippen molar-refractivity contribution in [2.24, 2.45) is 0 Å². The number of allylic oxidation sites excluding steroid dienone is 8. The molecule has 46 heavy (non-hydrogen) atoms. The van der Waals surface area contributed by atoms with E-state index >= 15 is 0 Å². The summed E-state index contributed by atoms with van der Waals surface area (Å²) in [5.74, 6) is 0.00777. The van der Waals surface area contributed by atoms with E-state index in [0.29, 0.717) is 12.5 Å². The third-order valence-electron chi connectivity index (χ3n) is 9.05. The monoisotopic (exact) mass is 642 g/mol. The third kappa shape index (κ3) is 33.7. The van der Waals surface area contributed by atoms with Crippen molar-refractivity contribution in [3.05, 3.63) is 48.6 Å². The van der Waals surface area contributed by atoms with Crippen molar-refractivity contribution in [1.82, 2.24) is 4.90 Å². The van der Waals surface area contributed by atoms with Crippen molar-refractivity contribution >= 4 is 5.97 Å². The average Bonchev–Trinajstić information content (AvgIpc) is 3.04. The zero-order chi connectivity index (χ0) is 33.8. The molecule has 0 saturated heterocycles. The van der Waals surface area contributed by atoms with Gasteiger partial charge in [-0.1, -0.05) is 133 Å². The minimum Gasteiger partial charge on any atom is -0.462 e. The zero-order valence-electron chi connectivity index (χ0n) is 31.6. The van der Waals surface area contributed by atoms with Crippen LogP contribution in [-0.4, -0.2) is 36.6 Å². The van der Waals surface area contributed by atoms with Gasteiger partial charge in [0.1, 0.15) is 6.10 Å². The van der Waals surface area contributed by atoms with Gasteiger partial charge in [0.2, 0.25) is 0 Å². The fraction of sp³-hybridized carbons (Fsp3) is 0.791. The molecule has 0 amide bonds. The van der Waals surface area contributed by atoms with Crippen molar-refractivity contribution in [2.45, 2.75) is 207 Å². The first kappa shape index (κ1) is 44.4. The molecule has 0 aliphatic carbocycles. The van der Waals surface area contributed by atoms with Gasteiger partial charge in [0.25, 0.3) is 0 Å². The fourth-order valence-electron chi connectivity index (χ4n) is 5.62. The average molecular weight is 642 g/mol. The maximum atomic E-state index is 12.7. The smallest absolute Gasteiger partial charge is 0.306 e. The Morgan fingerprint density at radius 2 is 1.00 bits per heavy atom. The lowest BCUT2D eigenvalue weighted by Gasteiger charge is -2.21. The molecule has 0 aromatic carbocycles. The highest BCUT2D eigenvalue weighted by Crippen LogP contribution is 2.18. The molecule has 0 N–H and O–H groups in total. The minimum absolute atomic E-state index is 0.00777. The molecule has 0 aromatic rings. The van der Waals surface area contributed by atoms with E-state index < -0.39 is 0 Å². The topological polar surface area (TPSA) is 29.5 Å². The standard InChI is InChI=1S/C43H79NO2/c1-6-8-10-12-14-16-18-20-22-23-25-27-29-31-33-35-38-42(46-43(45)39-36-40-44(5)41(3)4)37-34-32-30-28-26-24-21-19-17-15-13-11-9-7-2/h14-17,19-22,41-42H,6-13,18,23-40H2,1-5H3/b16-14-,17-15+,21-19+,22-20-. The van der Waals surface area contributed by atoms with Gasteiger partial charge in [-0.05, 0) is 117 Å². The molecule has 0 aliphatic heterocycles. The highest BCUT2D eigenvalue weighted by molar-refractivity contribution is 5.69. The minimum atomic E-state index is 0.00777. The van der Waals surface area contributed by atoms with Crippen LogP contribution in [0.2, 0.25) is 0 Å². The van der Waals surface area contributed by atoms with E-state index in [9.17, 15) is 4.79 Å². The van der Waals surface area contributed by atoms with Gasteiger partial charge < -0.3 is 9.64 Å². The molecule has 0 spiro atoms. The van der Waals surface area contributed by atoms with Crippen LogP contribution in [0.15, 0.2) is 48.6 Å². The molecule has 268 valence electrons. The molecule has 3 nitrogen and oxygen atoms in total. The van der Waals surface area contributed by atoms with E-state index in [4.69, 9.17) is 4.74 Å². The van der Waals surface area contributed by atoms with Crippen molar-refractivity contribution in [3.63, 3.8) is 0 Å². The summed E-state index contributed by atoms with van der Waals surface area (Å²) >= 11 is 0. The maximum absolute atomic E-state index is 12.7. The predicted molar refractivity (Wildman–Crippen MR) is 206 cm³/mol. The van der Waals surface area contributed by atoms with Gasteiger partial charge in [-0.3, -0.25) is 4.79 Å². The number of esters is 1. The number of carbonyl (C=O) groups excluding carboxylic acids is 1. The Kier molecular flexibility index (Phi) is 35.0. The number of hydrogen-bond acceptors (Lipinski definition) is 3. The summed E-state index contributed by atoms with van der Waals surface area (Å²) in [5.41, 5.74) is 0. The number of unbranched alkanes of at least 4 members (excludes halogenated alkanes) is 17. The van der Waals surface area contributed by atoms with Crippen LogP contribution < -0.4 is 0 Å². The van der Waals surface area contributed by atoms with E-state index in [2.05, 4.69) is 88.3 Å². The Hall–Kier alpha value is -1.61. The second kappa shape index (κ2) is 36.2. The van der Waals surface area contributed by atoms with Gasteiger partial charge >= 0.3 is 5.97 Å². The molecule has 0 radical (unpaired) electrons. The van der Waals surface area contributed by atoms with E-state index in [1.54, 1.807) is 0 Å². The van der Waals surface area contributed by atoms with Crippen LogP contribution in [0.4, 0.5) is 0 Å². The van der Waals surface area contributed by atoms with E-state index in [1.807, 2.05) is 0 Å². The van der Waals surface area contributed by atoms with Gasteiger partial charge in [-0.2, -0.15) is 0 Å². The van der Waals surface area contributed by atoms with E-state index in [-0.39, 0.29) is 12.1 Å². The Morgan fingerprint density at radius 3 is 1.48 bits per heavy atom. The van der Waals surface area contributed by atoms with Crippen LogP contribution in [0.3, 0.4) is 0 Å². The normalized spacial score (nSPS) is 13.1. The number of hydrogen-bond donors (Lipinski definition) is 0. The van der Waals surface area contributed by atoms with Crippen molar-refractivity contribution < 1.29 is 9.53 Å². The SMILES string of the molecule is CCCCC/C=C\C/C=C\CCCCCCCCC(CCCCCCC/C=C/C=C/CCCCC)OC(=O)CCCN(C)C(C)C. The maximum Gasteiger partial charge on any atom is 0.306 e. The first-order chi connectivity index (χ1) is 22.5. The lowest BCUT2D eigenvalue weighted by Crippen LogP contribution is -2.28. The molecular weight excluding hydrogens is 562 g/mol. The Balaban J connectivity index is 4.16. The van der Waals surface area contributed by atoms with Crippen LogP contribution in [-0.2, 0) is 9.53 Å². The van der Waals surface area contributed by atoms with Gasteiger partial charge in [0.15, 0.2) is 0 Å². The Labute approximate surface area is 288 Å². The summed E-state index contributed by atoms with van der Waals surface area (Å²) in [6.07, 6.45) is 49.8. The Bertz CT molecular complexity index is 750. The fourth-order valence-corrected chi connectivity index (χ4v) is 5.62. The number of nitrogens with zero attached hydrogens (tertiary/aromatic N) is 1. The first-order valence-corrected chi connectivity index (χ1v) is 20.0. The number of rotatable bonds is 34. The summed E-state index contributed by atoms with van der Waals surface area (Å²) in [4.78, 5) is 15.0. The third-order valence-corrected chi connectivity index (χ3v) is 9.05. The van der Waals surface area contributed by atoms with Gasteiger partial charge in [0, 0.05) is 12.5 Å². The molecular formula is C43H79NO2. The predicted octanol–water partition coefficient (Wildman–Crippen LogP) is 13.6. The molecule has 3 heteroatoms. The van der Waals surface area contributed by atoms with Crippen LogP contribution in [0.5, 0.6) is 0 Å². The van der Waals surface area contributed by atoms with Gasteiger partial charge in [-0.15, -0.1) is 0 Å². The van der Waals surface area contributed by atoms with Crippen molar-refractivity contribution in [3.8, 4) is 0 Å². The second-order valence-electron chi connectivity index (χ2n) is 13.9. The largest absolute Gasteiger partial charge is 0.462 e. The molecule has 0 fully saturated rings. The molecule has 0 aliphatic rings. The lowest BCUT2D eigenvalue weighted by molar-refractivity contribution is -0.150. The van der Waals surface area contributed by atoms with Crippen LogP contribution in [0, 0.1) is 0 Å². The van der Waals surface area contributed by atoms with Crippen LogP contribution in [0.1, 0.15) is 195 Å². The quantitative estimate of drug-likeness (QED) is 0.0303. The Morgan fingerprint density at radius 1 is 0.565 bits per heavy atom. The molecule has 0 saturated carbocycles. The molecule has 0 rings (SSSR count). The van der Waals surface area contributed by atoms with Gasteiger partial charge in [0.05, 0.1) is 0 Å². The summed E-state index contributed by atoms with van der Waals surface area (Å²) in [6.45, 7) is 9.87. The summed E-state index contributed by atoms with van der Waals surface area (Å²) < 4.78 is 6.05. The van der Waals surface area contributed by atoms with E-state index in [0.717, 1.165) is 32.2 Å². The van der Waals surface area contributed by atoms with Crippen molar-refractivity contribution in [1.29, 1.82) is 0 Å². The molecule has 0 bridgehead atoms. The highest BCUT2D eigenvalue weighted by atomic mass is 16.5. The summed E-state index contributed by atoms with van der Waals surface area (Å²) in [7, 11) is 2.13. The molecule has 1 unspecified atom stereocenters. The summed E-state index contributed by atoms with van der Waals surface area (Å²) in [6, 6.07) is 0.515. The molecule has 0 heterocycles. The second-order valence-corrected chi connectivity index (χ2v) is 13.9. The number of carbonyl (C=O) groups is 1. The summed E-state index contributed by atoms with van der Waals surface area (Å²) in [5, 5.41) is 0.